The second kappa shape index (κ2) is 6.88. The van der Waals surface area contributed by atoms with Gasteiger partial charge in [0.2, 0.25) is 5.91 Å². The molecular weight excluding hydrogens is 242 g/mol. The van der Waals surface area contributed by atoms with Crippen molar-refractivity contribution in [1.29, 1.82) is 0 Å². The zero-order valence-electron chi connectivity index (χ0n) is 11.5. The molecule has 0 aliphatic heterocycles. The number of carbonyl (C=O) groups excluding carboxylic acids is 1. The summed E-state index contributed by atoms with van der Waals surface area (Å²) >= 11 is 0. The number of hydrogen-bond acceptors (Lipinski definition) is 4. The summed E-state index contributed by atoms with van der Waals surface area (Å²) in [7, 11) is 1.58. The van der Waals surface area contributed by atoms with Crippen LogP contribution in [0.1, 0.15) is 26.0 Å². The topological polar surface area (TPSA) is 77.2 Å². The number of hydrogen-bond donors (Lipinski definition) is 2. The number of nitrogens with two attached hydrogens (primary N) is 1. The summed E-state index contributed by atoms with van der Waals surface area (Å²) < 4.78 is 5.21. The lowest BCUT2D eigenvalue weighted by Gasteiger charge is -2.21. The highest BCUT2D eigenvalue weighted by Crippen LogP contribution is 2.14. The summed E-state index contributed by atoms with van der Waals surface area (Å²) in [5.41, 5.74) is 5.37. The van der Waals surface area contributed by atoms with Gasteiger partial charge in [-0.05, 0) is 31.9 Å². The molecule has 0 saturated heterocycles. The van der Waals surface area contributed by atoms with Crippen molar-refractivity contribution in [2.24, 2.45) is 5.73 Å². The van der Waals surface area contributed by atoms with E-state index in [1.54, 1.807) is 25.3 Å². The Morgan fingerprint density at radius 3 is 2.89 bits per heavy atom. The molecule has 1 aromatic heterocycles. The minimum atomic E-state index is -0.499. The maximum absolute atomic E-state index is 11.8. The predicted octanol–water partition coefficient (Wildman–Crippen LogP) is 1.15. The molecule has 0 atom stereocenters. The molecule has 102 valence electrons. The standard InChI is InChI=1S/C14H19N3O2/c1-14(2,19-3)10-13(18)17-12-8-4-6-11(16-12)7-5-9-15/h4,6,8H,9-10,15H2,1-3H3,(H,16,17,18). The fourth-order valence-electron chi connectivity index (χ4n) is 1.36. The van der Waals surface area contributed by atoms with Gasteiger partial charge in [0.05, 0.1) is 18.6 Å². The Morgan fingerprint density at radius 1 is 1.53 bits per heavy atom. The third-order valence-electron chi connectivity index (χ3n) is 2.47. The van der Waals surface area contributed by atoms with E-state index in [0.29, 0.717) is 11.5 Å². The van der Waals surface area contributed by atoms with E-state index in [-0.39, 0.29) is 18.9 Å². The van der Waals surface area contributed by atoms with Gasteiger partial charge in [0.1, 0.15) is 11.5 Å². The molecule has 0 bridgehead atoms. The minimum absolute atomic E-state index is 0.150. The lowest BCUT2D eigenvalue weighted by molar-refractivity contribution is -0.121. The van der Waals surface area contributed by atoms with Gasteiger partial charge >= 0.3 is 0 Å². The number of pyridine rings is 1. The van der Waals surface area contributed by atoms with E-state index < -0.39 is 5.60 Å². The minimum Gasteiger partial charge on any atom is -0.378 e. The normalized spacial score (nSPS) is 10.5. The van der Waals surface area contributed by atoms with Gasteiger partial charge in [-0.2, -0.15) is 0 Å². The van der Waals surface area contributed by atoms with Crippen LogP contribution < -0.4 is 11.1 Å². The van der Waals surface area contributed by atoms with Crippen molar-refractivity contribution in [3.63, 3.8) is 0 Å². The van der Waals surface area contributed by atoms with Gasteiger partial charge in [-0.25, -0.2) is 4.98 Å². The third kappa shape index (κ3) is 5.51. The van der Waals surface area contributed by atoms with E-state index in [1.165, 1.54) is 0 Å². The largest absolute Gasteiger partial charge is 0.378 e. The monoisotopic (exact) mass is 261 g/mol. The Bertz CT molecular complexity index is 501. The molecular formula is C14H19N3O2. The summed E-state index contributed by atoms with van der Waals surface area (Å²) in [6.07, 6.45) is 0.254. The number of methoxy groups -OCH3 is 1. The Labute approximate surface area is 113 Å². The molecule has 1 amide bonds. The van der Waals surface area contributed by atoms with Crippen LogP contribution in [0.4, 0.5) is 5.82 Å². The van der Waals surface area contributed by atoms with E-state index >= 15 is 0 Å². The predicted molar refractivity (Wildman–Crippen MR) is 74.5 cm³/mol. The van der Waals surface area contributed by atoms with Gasteiger partial charge in [-0.15, -0.1) is 0 Å². The summed E-state index contributed by atoms with van der Waals surface area (Å²) in [5.74, 6) is 5.85. The van der Waals surface area contributed by atoms with Gasteiger partial charge in [-0.3, -0.25) is 4.79 Å². The Hall–Kier alpha value is -1.90. The summed E-state index contributed by atoms with van der Waals surface area (Å²) in [6, 6.07) is 5.26. The summed E-state index contributed by atoms with van der Waals surface area (Å²) in [6.45, 7) is 3.98. The summed E-state index contributed by atoms with van der Waals surface area (Å²) in [4.78, 5) is 16.0. The maximum atomic E-state index is 11.8. The quantitative estimate of drug-likeness (QED) is 0.797. The van der Waals surface area contributed by atoms with E-state index in [4.69, 9.17) is 10.5 Å². The number of carbonyl (C=O) groups is 1. The van der Waals surface area contributed by atoms with Crippen LogP contribution in [0, 0.1) is 11.8 Å². The van der Waals surface area contributed by atoms with Crippen LogP contribution in [-0.4, -0.2) is 30.1 Å². The first-order valence-corrected chi connectivity index (χ1v) is 5.98. The zero-order chi connectivity index (χ0) is 14.3. The molecule has 5 heteroatoms. The van der Waals surface area contributed by atoms with Crippen molar-refractivity contribution in [3.8, 4) is 11.8 Å². The Balaban J connectivity index is 2.69. The van der Waals surface area contributed by atoms with Crippen molar-refractivity contribution in [2.75, 3.05) is 19.0 Å². The molecule has 1 rings (SSSR count). The van der Waals surface area contributed by atoms with Crippen molar-refractivity contribution < 1.29 is 9.53 Å². The average Bonchev–Trinajstić information content (AvgIpc) is 2.36. The van der Waals surface area contributed by atoms with Gasteiger partial charge in [0.25, 0.3) is 0 Å². The molecule has 1 aromatic rings. The highest BCUT2D eigenvalue weighted by atomic mass is 16.5. The molecule has 5 nitrogen and oxygen atoms in total. The number of anilines is 1. The van der Waals surface area contributed by atoms with Gasteiger partial charge < -0.3 is 15.8 Å². The molecule has 0 unspecified atom stereocenters. The van der Waals surface area contributed by atoms with Crippen molar-refractivity contribution in [1.82, 2.24) is 4.98 Å². The Kier molecular flexibility index (Phi) is 5.49. The van der Waals surface area contributed by atoms with Crippen LogP contribution in [0.2, 0.25) is 0 Å². The van der Waals surface area contributed by atoms with Gasteiger partial charge in [0, 0.05) is 7.11 Å². The van der Waals surface area contributed by atoms with Crippen molar-refractivity contribution >= 4 is 11.7 Å². The number of nitrogens with zero attached hydrogens (tertiary/aromatic N) is 1. The number of aromatic nitrogens is 1. The first kappa shape index (κ1) is 15.2. The molecule has 0 spiro atoms. The lowest BCUT2D eigenvalue weighted by atomic mass is 10.1. The fraction of sp³-hybridized carbons (Fsp3) is 0.429. The fourth-order valence-corrected chi connectivity index (χ4v) is 1.36. The number of ether oxygens (including phenoxy) is 1. The van der Waals surface area contributed by atoms with Crippen LogP contribution in [0.15, 0.2) is 18.2 Å². The zero-order valence-corrected chi connectivity index (χ0v) is 11.5. The summed E-state index contributed by atoms with van der Waals surface area (Å²) in [5, 5.41) is 2.72. The second-order valence-electron chi connectivity index (χ2n) is 4.60. The van der Waals surface area contributed by atoms with Crippen LogP contribution >= 0.6 is 0 Å². The maximum Gasteiger partial charge on any atom is 0.228 e. The number of rotatable bonds is 4. The Morgan fingerprint density at radius 2 is 2.26 bits per heavy atom. The van der Waals surface area contributed by atoms with E-state index in [1.807, 2.05) is 13.8 Å². The highest BCUT2D eigenvalue weighted by molar-refractivity contribution is 5.90. The lowest BCUT2D eigenvalue weighted by Crippen LogP contribution is -2.29. The van der Waals surface area contributed by atoms with Gasteiger partial charge in [-0.1, -0.05) is 12.0 Å². The van der Waals surface area contributed by atoms with Crippen LogP contribution in [0.3, 0.4) is 0 Å². The first-order chi connectivity index (χ1) is 8.96. The molecule has 0 fully saturated rings. The number of nitrogens with one attached hydrogen (secondary N) is 1. The molecule has 3 N–H and O–H groups in total. The van der Waals surface area contributed by atoms with Crippen molar-refractivity contribution in [2.45, 2.75) is 25.9 Å². The molecule has 0 aliphatic rings. The highest BCUT2D eigenvalue weighted by Gasteiger charge is 2.21. The van der Waals surface area contributed by atoms with Crippen molar-refractivity contribution in [3.05, 3.63) is 23.9 Å². The first-order valence-electron chi connectivity index (χ1n) is 5.98. The molecule has 1 heterocycles. The molecule has 0 radical (unpaired) electrons. The second-order valence-corrected chi connectivity index (χ2v) is 4.60. The van der Waals surface area contributed by atoms with Crippen LogP contribution in [0.5, 0.6) is 0 Å². The molecule has 19 heavy (non-hydrogen) atoms. The third-order valence-corrected chi connectivity index (χ3v) is 2.47. The van der Waals surface area contributed by atoms with E-state index in [0.717, 1.165) is 0 Å². The van der Waals surface area contributed by atoms with Crippen LogP contribution in [-0.2, 0) is 9.53 Å². The van der Waals surface area contributed by atoms with E-state index in [2.05, 4.69) is 22.1 Å². The van der Waals surface area contributed by atoms with Gasteiger partial charge in [0.15, 0.2) is 0 Å². The van der Waals surface area contributed by atoms with E-state index in [9.17, 15) is 4.79 Å². The smallest absolute Gasteiger partial charge is 0.228 e. The SMILES string of the molecule is COC(C)(C)CC(=O)Nc1cccc(C#CCN)n1. The molecule has 0 aliphatic carbocycles. The molecule has 0 aromatic carbocycles. The average molecular weight is 261 g/mol. The van der Waals surface area contributed by atoms with Crippen LogP contribution in [0.25, 0.3) is 0 Å². The molecule has 0 saturated carbocycles. The number of amides is 1.